The highest BCUT2D eigenvalue weighted by atomic mass is 35.5. The van der Waals surface area contributed by atoms with E-state index in [1.54, 1.807) is 13.4 Å². The molecule has 0 aliphatic rings. The number of benzene rings is 2. The maximum absolute atomic E-state index is 6.10. The number of hydrogen-bond donors (Lipinski definition) is 0. The van der Waals surface area contributed by atoms with Crippen molar-refractivity contribution < 1.29 is 4.74 Å². The molecule has 4 nitrogen and oxygen atoms in total. The number of ether oxygens (including phenoxy) is 1. The molecular weight excluding hydrogens is 334 g/mol. The van der Waals surface area contributed by atoms with Crippen LogP contribution in [0.15, 0.2) is 67.0 Å². The molecule has 128 valence electrons. The predicted octanol–water partition coefficient (Wildman–Crippen LogP) is 4.45. The molecule has 0 bridgehead atoms. The monoisotopic (exact) mass is 353 g/mol. The third-order valence-electron chi connectivity index (χ3n) is 3.88. The van der Waals surface area contributed by atoms with Crippen LogP contribution in [0.2, 0.25) is 5.02 Å². The molecule has 3 rings (SSSR count). The fourth-order valence-corrected chi connectivity index (χ4v) is 2.80. The van der Waals surface area contributed by atoms with Crippen molar-refractivity contribution >= 4 is 17.4 Å². The molecule has 0 amide bonds. The Hall–Kier alpha value is -2.43. The molecule has 25 heavy (non-hydrogen) atoms. The van der Waals surface area contributed by atoms with Gasteiger partial charge in [0.2, 0.25) is 0 Å². The van der Waals surface area contributed by atoms with Crippen LogP contribution in [0.25, 0.3) is 11.3 Å². The number of rotatable bonds is 7. The fourth-order valence-electron chi connectivity index (χ4n) is 2.61. The lowest BCUT2D eigenvalue weighted by atomic mass is 10.1. The topological polar surface area (TPSA) is 38.2 Å². The molecule has 0 saturated carbocycles. The second kappa shape index (κ2) is 8.60. The Kier molecular flexibility index (Phi) is 5.99. The molecule has 0 spiro atoms. The van der Waals surface area contributed by atoms with E-state index in [9.17, 15) is 0 Å². The van der Waals surface area contributed by atoms with Gasteiger partial charge in [0.25, 0.3) is 0 Å². The van der Waals surface area contributed by atoms with Gasteiger partial charge in [-0.25, -0.2) is 9.97 Å². The van der Waals surface area contributed by atoms with E-state index in [1.807, 2.05) is 48.5 Å². The summed E-state index contributed by atoms with van der Waals surface area (Å²) in [5.74, 6) is 0.867. The molecule has 0 atom stereocenters. The molecule has 0 N–H and O–H groups in total. The highest BCUT2D eigenvalue weighted by Crippen LogP contribution is 2.24. The molecule has 3 aromatic rings. The number of hydrogen-bond acceptors (Lipinski definition) is 4. The van der Waals surface area contributed by atoms with Gasteiger partial charge in [0.05, 0.1) is 12.3 Å². The molecule has 0 unspecified atom stereocenters. The van der Waals surface area contributed by atoms with E-state index in [-0.39, 0.29) is 0 Å². The van der Waals surface area contributed by atoms with Crippen molar-refractivity contribution in [2.24, 2.45) is 0 Å². The quantitative estimate of drug-likeness (QED) is 0.629. The largest absolute Gasteiger partial charge is 0.383 e. The Balaban J connectivity index is 1.88. The second-order valence-electron chi connectivity index (χ2n) is 5.67. The fraction of sp³-hybridized carbons (Fsp3) is 0.200. The van der Waals surface area contributed by atoms with E-state index in [1.165, 1.54) is 5.56 Å². The lowest BCUT2D eigenvalue weighted by Crippen LogP contribution is -2.27. The molecule has 0 saturated heterocycles. The van der Waals surface area contributed by atoms with Crippen molar-refractivity contribution in [3.05, 3.63) is 77.6 Å². The highest BCUT2D eigenvalue weighted by molar-refractivity contribution is 6.30. The van der Waals surface area contributed by atoms with Crippen LogP contribution in [0.1, 0.15) is 5.56 Å². The smallest absolute Gasteiger partial charge is 0.132 e. The third-order valence-corrected chi connectivity index (χ3v) is 4.11. The Bertz CT molecular complexity index is 811. The molecule has 1 aromatic heterocycles. The first-order valence-corrected chi connectivity index (χ1v) is 8.50. The summed E-state index contributed by atoms with van der Waals surface area (Å²) in [6, 6.07) is 20.0. The lowest BCUT2D eigenvalue weighted by Gasteiger charge is -2.23. The molecular formula is C20H20ClN3O. The highest BCUT2D eigenvalue weighted by Gasteiger charge is 2.11. The SMILES string of the molecule is COCCN(Cc1ccccc1)c1cc(-c2cccc(Cl)c2)ncn1. The molecule has 0 aliphatic carbocycles. The minimum absolute atomic E-state index is 0.628. The summed E-state index contributed by atoms with van der Waals surface area (Å²) in [5.41, 5.74) is 3.05. The van der Waals surface area contributed by atoms with Crippen molar-refractivity contribution in [3.63, 3.8) is 0 Å². The lowest BCUT2D eigenvalue weighted by molar-refractivity contribution is 0.205. The van der Waals surface area contributed by atoms with Crippen molar-refractivity contribution in [3.8, 4) is 11.3 Å². The number of anilines is 1. The van der Waals surface area contributed by atoms with E-state index in [0.717, 1.165) is 30.2 Å². The van der Waals surface area contributed by atoms with Gasteiger partial charge < -0.3 is 9.64 Å². The number of methoxy groups -OCH3 is 1. The van der Waals surface area contributed by atoms with Gasteiger partial charge >= 0.3 is 0 Å². The van der Waals surface area contributed by atoms with Gasteiger partial charge in [-0.1, -0.05) is 54.1 Å². The summed E-state index contributed by atoms with van der Waals surface area (Å²) >= 11 is 6.10. The summed E-state index contributed by atoms with van der Waals surface area (Å²) in [6.45, 7) is 2.14. The maximum Gasteiger partial charge on any atom is 0.132 e. The van der Waals surface area contributed by atoms with Gasteiger partial charge in [0.15, 0.2) is 0 Å². The van der Waals surface area contributed by atoms with Crippen molar-refractivity contribution in [2.45, 2.75) is 6.54 Å². The van der Waals surface area contributed by atoms with Gasteiger partial charge in [-0.15, -0.1) is 0 Å². The van der Waals surface area contributed by atoms with Crippen LogP contribution >= 0.6 is 11.6 Å². The normalized spacial score (nSPS) is 10.6. The first kappa shape index (κ1) is 17.4. The van der Waals surface area contributed by atoms with E-state index in [0.29, 0.717) is 11.6 Å². The molecule has 0 fully saturated rings. The Morgan fingerprint density at radius 2 is 1.84 bits per heavy atom. The zero-order valence-corrected chi connectivity index (χ0v) is 14.9. The number of nitrogens with zero attached hydrogens (tertiary/aromatic N) is 3. The van der Waals surface area contributed by atoms with Crippen LogP contribution in [0.5, 0.6) is 0 Å². The average Bonchev–Trinajstić information content (AvgIpc) is 2.66. The summed E-state index contributed by atoms with van der Waals surface area (Å²) in [7, 11) is 1.71. The van der Waals surface area contributed by atoms with Crippen LogP contribution in [-0.4, -0.2) is 30.2 Å². The molecule has 2 aromatic carbocycles. The second-order valence-corrected chi connectivity index (χ2v) is 6.11. The standard InChI is InChI=1S/C20H20ClN3O/c1-25-11-10-24(14-16-6-3-2-4-7-16)20-13-19(22-15-23-20)17-8-5-9-18(21)12-17/h2-9,12-13,15H,10-11,14H2,1H3. The summed E-state index contributed by atoms with van der Waals surface area (Å²) in [5, 5.41) is 0.693. The zero-order chi connectivity index (χ0) is 17.5. The molecule has 1 heterocycles. The predicted molar refractivity (Wildman–Crippen MR) is 102 cm³/mol. The van der Waals surface area contributed by atoms with Crippen LogP contribution in [-0.2, 0) is 11.3 Å². The number of halogens is 1. The van der Waals surface area contributed by atoms with E-state index in [2.05, 4.69) is 27.0 Å². The first-order chi connectivity index (χ1) is 12.3. The van der Waals surface area contributed by atoms with E-state index < -0.39 is 0 Å². The Morgan fingerprint density at radius 1 is 1.00 bits per heavy atom. The van der Waals surface area contributed by atoms with Gasteiger partial charge in [-0.3, -0.25) is 0 Å². The van der Waals surface area contributed by atoms with Crippen molar-refractivity contribution in [1.82, 2.24) is 9.97 Å². The summed E-state index contributed by atoms with van der Waals surface area (Å²) in [6.07, 6.45) is 1.59. The van der Waals surface area contributed by atoms with Crippen molar-refractivity contribution in [1.29, 1.82) is 0 Å². The minimum Gasteiger partial charge on any atom is -0.383 e. The van der Waals surface area contributed by atoms with E-state index >= 15 is 0 Å². The van der Waals surface area contributed by atoms with Gasteiger partial charge in [0.1, 0.15) is 12.1 Å². The maximum atomic E-state index is 6.10. The van der Waals surface area contributed by atoms with Gasteiger partial charge in [0, 0.05) is 36.9 Å². The Morgan fingerprint density at radius 3 is 2.60 bits per heavy atom. The van der Waals surface area contributed by atoms with Gasteiger partial charge in [-0.2, -0.15) is 0 Å². The van der Waals surface area contributed by atoms with Crippen LogP contribution < -0.4 is 4.90 Å². The van der Waals surface area contributed by atoms with Crippen LogP contribution in [0.3, 0.4) is 0 Å². The van der Waals surface area contributed by atoms with Crippen molar-refractivity contribution in [2.75, 3.05) is 25.2 Å². The Labute approximate surface area is 153 Å². The summed E-state index contributed by atoms with van der Waals surface area (Å²) < 4.78 is 5.26. The number of aromatic nitrogens is 2. The van der Waals surface area contributed by atoms with E-state index in [4.69, 9.17) is 16.3 Å². The van der Waals surface area contributed by atoms with Crippen LogP contribution in [0.4, 0.5) is 5.82 Å². The minimum atomic E-state index is 0.628. The van der Waals surface area contributed by atoms with Crippen LogP contribution in [0, 0.1) is 0 Å². The third kappa shape index (κ3) is 4.78. The van der Waals surface area contributed by atoms with Gasteiger partial charge in [-0.05, 0) is 17.7 Å². The first-order valence-electron chi connectivity index (χ1n) is 8.12. The zero-order valence-electron chi connectivity index (χ0n) is 14.1. The molecule has 0 radical (unpaired) electrons. The average molecular weight is 354 g/mol. The molecule has 0 aliphatic heterocycles. The molecule has 5 heteroatoms. The summed E-state index contributed by atoms with van der Waals surface area (Å²) in [4.78, 5) is 11.0.